The molecule has 1 heterocycles. The Morgan fingerprint density at radius 1 is 1.62 bits per heavy atom. The fraction of sp³-hybridized carbons (Fsp3) is 0.455. The van der Waals surface area contributed by atoms with Crippen molar-refractivity contribution in [1.82, 2.24) is 10.3 Å². The van der Waals surface area contributed by atoms with Crippen LogP contribution in [0.1, 0.15) is 16.9 Å². The van der Waals surface area contributed by atoms with Crippen LogP contribution in [0.3, 0.4) is 0 Å². The lowest BCUT2D eigenvalue weighted by atomic mass is 10.2. The number of methoxy groups -OCH3 is 1. The summed E-state index contributed by atoms with van der Waals surface area (Å²) in [5.74, 6) is -0.163. The first-order chi connectivity index (χ1) is 7.77. The molecular formula is C11H15BrN2O2. The van der Waals surface area contributed by atoms with E-state index >= 15 is 0 Å². The molecule has 0 saturated carbocycles. The van der Waals surface area contributed by atoms with Crippen LogP contribution in [0.15, 0.2) is 24.4 Å². The average molecular weight is 287 g/mol. The molecule has 88 valence electrons. The highest BCUT2D eigenvalue weighted by molar-refractivity contribution is 9.09. The van der Waals surface area contributed by atoms with Gasteiger partial charge in [0.1, 0.15) is 5.69 Å². The van der Waals surface area contributed by atoms with Crippen molar-refractivity contribution in [2.45, 2.75) is 12.5 Å². The number of rotatable bonds is 6. The number of amides is 1. The fourth-order valence-corrected chi connectivity index (χ4v) is 1.84. The highest BCUT2D eigenvalue weighted by Crippen LogP contribution is 2.00. The van der Waals surface area contributed by atoms with E-state index in [1.807, 2.05) is 0 Å². The molecular weight excluding hydrogens is 272 g/mol. The van der Waals surface area contributed by atoms with Crippen molar-refractivity contribution < 1.29 is 9.53 Å². The van der Waals surface area contributed by atoms with Gasteiger partial charge in [0, 0.05) is 18.6 Å². The van der Waals surface area contributed by atoms with Crippen LogP contribution in [0.5, 0.6) is 0 Å². The molecule has 0 spiro atoms. The molecule has 16 heavy (non-hydrogen) atoms. The quantitative estimate of drug-likeness (QED) is 0.809. The second kappa shape index (κ2) is 7.35. The third kappa shape index (κ3) is 4.28. The summed E-state index contributed by atoms with van der Waals surface area (Å²) in [6.07, 6.45) is 2.43. The Morgan fingerprint density at radius 2 is 2.44 bits per heavy atom. The zero-order valence-corrected chi connectivity index (χ0v) is 10.7. The van der Waals surface area contributed by atoms with Gasteiger partial charge >= 0.3 is 0 Å². The first-order valence-corrected chi connectivity index (χ1v) is 6.17. The van der Waals surface area contributed by atoms with Crippen LogP contribution in [0, 0.1) is 0 Å². The molecule has 1 atom stereocenters. The van der Waals surface area contributed by atoms with Gasteiger partial charge in [0.15, 0.2) is 0 Å². The number of nitrogens with zero attached hydrogens (tertiary/aromatic N) is 1. The first kappa shape index (κ1) is 13.1. The van der Waals surface area contributed by atoms with Gasteiger partial charge in [0.2, 0.25) is 0 Å². The Labute approximate surface area is 104 Å². The topological polar surface area (TPSA) is 51.2 Å². The monoisotopic (exact) mass is 286 g/mol. The van der Waals surface area contributed by atoms with Crippen molar-refractivity contribution >= 4 is 21.8 Å². The summed E-state index contributed by atoms with van der Waals surface area (Å²) in [6, 6.07) is 5.27. The SMILES string of the molecule is COCC(CCBr)NC(=O)c1ccccn1. The smallest absolute Gasteiger partial charge is 0.270 e. The summed E-state index contributed by atoms with van der Waals surface area (Å²) in [5.41, 5.74) is 0.429. The highest BCUT2D eigenvalue weighted by atomic mass is 79.9. The molecule has 4 nitrogen and oxygen atoms in total. The maximum atomic E-state index is 11.8. The lowest BCUT2D eigenvalue weighted by molar-refractivity contribution is 0.0890. The van der Waals surface area contributed by atoms with Gasteiger partial charge < -0.3 is 10.1 Å². The zero-order chi connectivity index (χ0) is 11.8. The van der Waals surface area contributed by atoms with Crippen LogP contribution in [0.2, 0.25) is 0 Å². The summed E-state index contributed by atoms with van der Waals surface area (Å²) in [5, 5.41) is 3.70. The molecule has 0 bridgehead atoms. The second-order valence-electron chi connectivity index (χ2n) is 3.32. The van der Waals surface area contributed by atoms with Crippen LogP contribution in [0.4, 0.5) is 0 Å². The maximum absolute atomic E-state index is 11.8. The fourth-order valence-electron chi connectivity index (χ4n) is 1.29. The van der Waals surface area contributed by atoms with Crippen molar-refractivity contribution in [3.05, 3.63) is 30.1 Å². The molecule has 1 N–H and O–H groups in total. The van der Waals surface area contributed by atoms with E-state index < -0.39 is 0 Å². The number of nitrogens with one attached hydrogen (secondary N) is 1. The van der Waals surface area contributed by atoms with Crippen molar-refractivity contribution in [2.75, 3.05) is 19.0 Å². The molecule has 0 saturated heterocycles. The number of hydrogen-bond acceptors (Lipinski definition) is 3. The molecule has 0 aliphatic heterocycles. The molecule has 1 aromatic heterocycles. The Balaban J connectivity index is 2.54. The van der Waals surface area contributed by atoms with Crippen molar-refractivity contribution in [3.8, 4) is 0 Å². The van der Waals surface area contributed by atoms with Gasteiger partial charge in [-0.1, -0.05) is 22.0 Å². The minimum absolute atomic E-state index is 0.0129. The predicted molar refractivity (Wildman–Crippen MR) is 65.8 cm³/mol. The van der Waals surface area contributed by atoms with Gasteiger partial charge in [0.25, 0.3) is 5.91 Å². The standard InChI is InChI=1S/C11H15BrN2O2/c1-16-8-9(5-6-12)14-11(15)10-4-2-3-7-13-10/h2-4,7,9H,5-6,8H2,1H3,(H,14,15). The summed E-state index contributed by atoms with van der Waals surface area (Å²) in [6.45, 7) is 0.504. The lowest BCUT2D eigenvalue weighted by Gasteiger charge is -2.16. The maximum Gasteiger partial charge on any atom is 0.270 e. The highest BCUT2D eigenvalue weighted by Gasteiger charge is 2.13. The molecule has 1 rings (SSSR count). The molecule has 1 amide bonds. The Bertz CT molecular complexity index is 313. The van der Waals surface area contributed by atoms with E-state index in [1.165, 1.54) is 0 Å². The number of alkyl halides is 1. The summed E-state index contributed by atoms with van der Waals surface area (Å²) >= 11 is 3.34. The minimum Gasteiger partial charge on any atom is -0.383 e. The summed E-state index contributed by atoms with van der Waals surface area (Å²) < 4.78 is 5.04. The van der Waals surface area contributed by atoms with Crippen LogP contribution >= 0.6 is 15.9 Å². The largest absolute Gasteiger partial charge is 0.383 e. The van der Waals surface area contributed by atoms with Gasteiger partial charge in [-0.15, -0.1) is 0 Å². The van der Waals surface area contributed by atoms with Crippen molar-refractivity contribution in [2.24, 2.45) is 0 Å². The van der Waals surface area contributed by atoms with E-state index in [0.29, 0.717) is 12.3 Å². The number of halogens is 1. The Morgan fingerprint density at radius 3 is 3.00 bits per heavy atom. The van der Waals surface area contributed by atoms with Crippen molar-refractivity contribution in [1.29, 1.82) is 0 Å². The van der Waals surface area contributed by atoms with E-state index in [4.69, 9.17) is 4.74 Å². The molecule has 0 aliphatic carbocycles. The second-order valence-corrected chi connectivity index (χ2v) is 4.11. The van der Waals surface area contributed by atoms with Gasteiger partial charge in [0.05, 0.1) is 12.6 Å². The van der Waals surface area contributed by atoms with Crippen LogP contribution in [-0.2, 0) is 4.74 Å². The predicted octanol–water partition coefficient (Wildman–Crippen LogP) is 1.61. The van der Waals surface area contributed by atoms with Gasteiger partial charge in [-0.25, -0.2) is 0 Å². The summed E-state index contributed by atoms with van der Waals surface area (Å²) in [7, 11) is 1.62. The number of carbonyl (C=O) groups is 1. The number of carbonyl (C=O) groups excluding carboxylic acids is 1. The van der Waals surface area contributed by atoms with E-state index in [1.54, 1.807) is 31.5 Å². The zero-order valence-electron chi connectivity index (χ0n) is 9.15. The number of pyridine rings is 1. The third-order valence-electron chi connectivity index (χ3n) is 2.06. The normalized spacial score (nSPS) is 12.1. The number of hydrogen-bond donors (Lipinski definition) is 1. The van der Waals surface area contributed by atoms with E-state index in [2.05, 4.69) is 26.2 Å². The molecule has 5 heteroatoms. The summed E-state index contributed by atoms with van der Waals surface area (Å²) in [4.78, 5) is 15.7. The number of aromatic nitrogens is 1. The Kier molecular flexibility index (Phi) is 6.03. The van der Waals surface area contributed by atoms with E-state index in [0.717, 1.165) is 11.8 Å². The van der Waals surface area contributed by atoms with Crippen molar-refractivity contribution in [3.63, 3.8) is 0 Å². The molecule has 0 radical (unpaired) electrons. The molecule has 1 aromatic rings. The van der Waals surface area contributed by atoms with E-state index in [9.17, 15) is 4.79 Å². The van der Waals surface area contributed by atoms with Crippen LogP contribution < -0.4 is 5.32 Å². The van der Waals surface area contributed by atoms with Gasteiger partial charge in [-0.05, 0) is 18.6 Å². The Hall–Kier alpha value is -0.940. The molecule has 1 unspecified atom stereocenters. The van der Waals surface area contributed by atoms with E-state index in [-0.39, 0.29) is 11.9 Å². The minimum atomic E-state index is -0.163. The molecule has 0 aliphatic rings. The molecule has 0 fully saturated rings. The van der Waals surface area contributed by atoms with Crippen LogP contribution in [-0.4, -0.2) is 36.0 Å². The van der Waals surface area contributed by atoms with Gasteiger partial charge in [-0.2, -0.15) is 0 Å². The third-order valence-corrected chi connectivity index (χ3v) is 2.52. The number of ether oxygens (including phenoxy) is 1. The molecule has 0 aromatic carbocycles. The first-order valence-electron chi connectivity index (χ1n) is 5.04. The van der Waals surface area contributed by atoms with Crippen LogP contribution in [0.25, 0.3) is 0 Å². The van der Waals surface area contributed by atoms with Gasteiger partial charge in [-0.3, -0.25) is 9.78 Å². The lowest BCUT2D eigenvalue weighted by Crippen LogP contribution is -2.38. The average Bonchev–Trinajstić information content (AvgIpc) is 2.31.